The van der Waals surface area contributed by atoms with Crippen molar-refractivity contribution >= 4 is 21.8 Å². The highest BCUT2D eigenvalue weighted by molar-refractivity contribution is 7.89. The molecule has 1 aromatic heterocycles. The fourth-order valence-electron chi connectivity index (χ4n) is 4.19. The SMILES string of the molecule is CN(C1CCCCC1)S(=O)(=O)c1ccc(CCN2C(=O)c3cccnc3C2=O)cc1. The summed E-state index contributed by atoms with van der Waals surface area (Å²) in [6.45, 7) is 0.224. The molecule has 8 heteroatoms. The lowest BCUT2D eigenvalue weighted by molar-refractivity contribution is 0.0654. The summed E-state index contributed by atoms with van der Waals surface area (Å²) in [4.78, 5) is 30.3. The Balaban J connectivity index is 1.42. The van der Waals surface area contributed by atoms with Gasteiger partial charge in [0.05, 0.1) is 10.5 Å². The molecule has 0 N–H and O–H groups in total. The van der Waals surface area contributed by atoms with E-state index in [9.17, 15) is 18.0 Å². The lowest BCUT2D eigenvalue weighted by Gasteiger charge is -2.30. The molecule has 2 aliphatic rings. The van der Waals surface area contributed by atoms with Crippen LogP contribution in [0.3, 0.4) is 0 Å². The van der Waals surface area contributed by atoms with Crippen molar-refractivity contribution in [1.29, 1.82) is 0 Å². The van der Waals surface area contributed by atoms with Gasteiger partial charge in [0.1, 0.15) is 5.69 Å². The predicted octanol–water partition coefficient (Wildman–Crippen LogP) is 2.87. The number of imide groups is 1. The number of rotatable bonds is 6. The maximum absolute atomic E-state index is 12.9. The zero-order valence-electron chi connectivity index (χ0n) is 17.0. The van der Waals surface area contributed by atoms with Crippen molar-refractivity contribution in [3.63, 3.8) is 0 Å². The van der Waals surface area contributed by atoms with E-state index in [1.807, 2.05) is 0 Å². The number of carbonyl (C=O) groups is 2. The van der Waals surface area contributed by atoms with E-state index in [0.29, 0.717) is 12.0 Å². The highest BCUT2D eigenvalue weighted by atomic mass is 32.2. The average molecular weight is 428 g/mol. The highest BCUT2D eigenvalue weighted by Gasteiger charge is 2.36. The van der Waals surface area contributed by atoms with Gasteiger partial charge in [-0.3, -0.25) is 19.5 Å². The van der Waals surface area contributed by atoms with Crippen molar-refractivity contribution in [3.8, 4) is 0 Å². The second-order valence-electron chi connectivity index (χ2n) is 7.87. The molecule has 1 saturated carbocycles. The number of benzene rings is 1. The molecule has 0 bridgehead atoms. The smallest absolute Gasteiger partial charge is 0.273 e. The van der Waals surface area contributed by atoms with E-state index in [2.05, 4.69) is 4.98 Å². The first-order valence-corrected chi connectivity index (χ1v) is 11.7. The molecule has 1 aliphatic heterocycles. The van der Waals surface area contributed by atoms with Gasteiger partial charge in [-0.25, -0.2) is 8.42 Å². The van der Waals surface area contributed by atoms with Gasteiger partial charge >= 0.3 is 0 Å². The molecule has 2 aromatic rings. The second-order valence-corrected chi connectivity index (χ2v) is 9.87. The van der Waals surface area contributed by atoms with Crippen LogP contribution in [0.25, 0.3) is 0 Å². The van der Waals surface area contributed by atoms with Crippen LogP contribution in [0.1, 0.15) is 58.5 Å². The van der Waals surface area contributed by atoms with Crippen LogP contribution in [0, 0.1) is 0 Å². The average Bonchev–Trinajstić information content (AvgIpc) is 3.02. The van der Waals surface area contributed by atoms with Gasteiger partial charge in [-0.1, -0.05) is 31.4 Å². The Morgan fingerprint density at radius 1 is 1.03 bits per heavy atom. The van der Waals surface area contributed by atoms with E-state index < -0.39 is 10.0 Å². The summed E-state index contributed by atoms with van der Waals surface area (Å²) in [5.74, 6) is -0.722. The summed E-state index contributed by atoms with van der Waals surface area (Å²) in [6.07, 6.45) is 7.06. The van der Waals surface area contributed by atoms with Crippen LogP contribution >= 0.6 is 0 Å². The molecule has 7 nitrogen and oxygen atoms in total. The van der Waals surface area contributed by atoms with Crippen molar-refractivity contribution in [3.05, 3.63) is 59.4 Å². The van der Waals surface area contributed by atoms with Gasteiger partial charge in [-0.2, -0.15) is 4.31 Å². The molecule has 1 aromatic carbocycles. The lowest BCUT2D eigenvalue weighted by atomic mass is 9.96. The molecule has 0 unspecified atom stereocenters. The second kappa shape index (κ2) is 8.28. The van der Waals surface area contributed by atoms with Gasteiger partial charge in [0.15, 0.2) is 0 Å². The van der Waals surface area contributed by atoms with E-state index >= 15 is 0 Å². The number of nitrogens with zero attached hydrogens (tertiary/aromatic N) is 3. The third-order valence-electron chi connectivity index (χ3n) is 6.04. The first kappa shape index (κ1) is 20.7. The van der Waals surface area contributed by atoms with Crippen LogP contribution in [0.5, 0.6) is 0 Å². The van der Waals surface area contributed by atoms with Crippen molar-refractivity contribution in [1.82, 2.24) is 14.2 Å². The van der Waals surface area contributed by atoms with Gasteiger partial charge in [-0.15, -0.1) is 0 Å². The Morgan fingerprint density at radius 2 is 1.73 bits per heavy atom. The molecule has 2 heterocycles. The van der Waals surface area contributed by atoms with Gasteiger partial charge in [0, 0.05) is 25.8 Å². The summed E-state index contributed by atoms with van der Waals surface area (Å²) in [7, 11) is -1.87. The van der Waals surface area contributed by atoms with Crippen LogP contribution in [0.2, 0.25) is 0 Å². The fraction of sp³-hybridized carbons (Fsp3) is 0.409. The Hall–Kier alpha value is -2.58. The standard InChI is InChI=1S/C22H25N3O4S/c1-24(17-6-3-2-4-7-17)30(28,29)18-11-9-16(10-12-18)13-15-25-21(26)19-8-5-14-23-20(19)22(25)27/h5,8-12,14,17H,2-4,6-7,13,15H2,1H3. The first-order valence-electron chi connectivity index (χ1n) is 10.3. The third kappa shape index (κ3) is 3.77. The minimum absolute atomic E-state index is 0.0610. The summed E-state index contributed by atoms with van der Waals surface area (Å²) < 4.78 is 27.4. The molecule has 0 spiro atoms. The fourth-order valence-corrected chi connectivity index (χ4v) is 5.61. The molecular weight excluding hydrogens is 402 g/mol. The van der Waals surface area contributed by atoms with Crippen molar-refractivity contribution in [2.24, 2.45) is 0 Å². The normalized spacial score (nSPS) is 17.6. The topological polar surface area (TPSA) is 87.7 Å². The minimum Gasteiger partial charge on any atom is -0.273 e. The summed E-state index contributed by atoms with van der Waals surface area (Å²) in [5.41, 5.74) is 1.38. The van der Waals surface area contributed by atoms with Crippen molar-refractivity contribution in [2.75, 3.05) is 13.6 Å². The number of amides is 2. The van der Waals surface area contributed by atoms with E-state index in [1.165, 1.54) is 21.8 Å². The number of pyridine rings is 1. The lowest BCUT2D eigenvalue weighted by Crippen LogP contribution is -2.38. The van der Waals surface area contributed by atoms with Crippen molar-refractivity contribution < 1.29 is 18.0 Å². The maximum Gasteiger partial charge on any atom is 0.280 e. The predicted molar refractivity (Wildman–Crippen MR) is 112 cm³/mol. The van der Waals surface area contributed by atoms with E-state index in [-0.39, 0.29) is 35.0 Å². The van der Waals surface area contributed by atoms with Crippen molar-refractivity contribution in [2.45, 2.75) is 49.5 Å². The number of hydrogen-bond donors (Lipinski definition) is 0. The number of aromatic nitrogens is 1. The molecule has 30 heavy (non-hydrogen) atoms. The summed E-state index contributed by atoms with van der Waals surface area (Å²) in [6, 6.07) is 10.0. The minimum atomic E-state index is -3.53. The monoisotopic (exact) mass is 427 g/mol. The van der Waals surface area contributed by atoms with Crippen LogP contribution in [0.15, 0.2) is 47.5 Å². The highest BCUT2D eigenvalue weighted by Crippen LogP contribution is 2.27. The molecule has 0 atom stereocenters. The van der Waals surface area contributed by atoms with Crippen LogP contribution in [0.4, 0.5) is 0 Å². The van der Waals surface area contributed by atoms with Gasteiger partial charge in [-0.05, 0) is 49.1 Å². The molecule has 0 radical (unpaired) electrons. The Kier molecular flexibility index (Phi) is 5.71. The molecule has 1 fully saturated rings. The molecule has 0 saturated heterocycles. The summed E-state index contributed by atoms with van der Waals surface area (Å²) >= 11 is 0. The van der Waals surface area contributed by atoms with Gasteiger partial charge < -0.3 is 0 Å². The number of sulfonamides is 1. The Labute approximate surface area is 176 Å². The van der Waals surface area contributed by atoms with Crippen LogP contribution < -0.4 is 0 Å². The van der Waals surface area contributed by atoms with E-state index in [4.69, 9.17) is 0 Å². The van der Waals surface area contributed by atoms with Gasteiger partial charge in [0.25, 0.3) is 11.8 Å². The summed E-state index contributed by atoms with van der Waals surface area (Å²) in [5, 5.41) is 0. The third-order valence-corrected chi connectivity index (χ3v) is 7.97. The van der Waals surface area contributed by atoms with Gasteiger partial charge in [0.2, 0.25) is 10.0 Å². The number of fused-ring (bicyclic) bond motifs is 1. The quantitative estimate of drug-likeness (QED) is 0.662. The molecule has 4 rings (SSSR count). The molecule has 2 amide bonds. The number of hydrogen-bond acceptors (Lipinski definition) is 5. The van der Waals surface area contributed by atoms with E-state index in [1.54, 1.807) is 43.4 Å². The zero-order valence-corrected chi connectivity index (χ0v) is 17.8. The zero-order chi connectivity index (χ0) is 21.3. The number of carbonyl (C=O) groups excluding carboxylic acids is 2. The van der Waals surface area contributed by atoms with Crippen LogP contribution in [-0.2, 0) is 16.4 Å². The maximum atomic E-state index is 12.9. The van der Waals surface area contributed by atoms with Crippen LogP contribution in [-0.4, -0.2) is 54.1 Å². The first-order chi connectivity index (χ1) is 14.4. The largest absolute Gasteiger partial charge is 0.280 e. The molecular formula is C22H25N3O4S. The molecule has 158 valence electrons. The molecule has 1 aliphatic carbocycles. The Morgan fingerprint density at radius 3 is 2.40 bits per heavy atom. The van der Waals surface area contributed by atoms with E-state index in [0.717, 1.165) is 31.2 Å². The Bertz CT molecular complexity index is 1030.